The summed E-state index contributed by atoms with van der Waals surface area (Å²) in [5.74, 6) is 0.749. The first-order valence-corrected chi connectivity index (χ1v) is 5.39. The van der Waals surface area contributed by atoms with E-state index in [1.807, 2.05) is 24.0 Å². The number of aryl methyl sites for hydroxylation is 1. The molecule has 2 heterocycles. The van der Waals surface area contributed by atoms with Gasteiger partial charge in [0, 0.05) is 25.0 Å². The molecule has 1 aliphatic heterocycles. The average Bonchev–Trinajstić information content (AvgIpc) is 2.65. The van der Waals surface area contributed by atoms with E-state index in [0.29, 0.717) is 11.5 Å². The van der Waals surface area contributed by atoms with Gasteiger partial charge in [0.25, 0.3) is 5.91 Å². The lowest BCUT2D eigenvalue weighted by atomic mass is 10.2. The predicted molar refractivity (Wildman–Crippen MR) is 58.7 cm³/mol. The lowest BCUT2D eigenvalue weighted by Gasteiger charge is -2.15. The fourth-order valence-corrected chi connectivity index (χ4v) is 1.90. The maximum absolute atomic E-state index is 12.0. The molecule has 0 saturated carbocycles. The van der Waals surface area contributed by atoms with Crippen LogP contribution in [0.1, 0.15) is 29.4 Å². The van der Waals surface area contributed by atoms with Crippen LogP contribution in [0.2, 0.25) is 0 Å². The number of likely N-dealkylation sites (tertiary alicyclic amines) is 1. The largest absolute Gasteiger partial charge is 0.338 e. The minimum Gasteiger partial charge on any atom is -0.338 e. The maximum atomic E-state index is 12.0. The van der Waals surface area contributed by atoms with Gasteiger partial charge < -0.3 is 4.90 Å². The molecule has 1 aliphatic rings. The van der Waals surface area contributed by atoms with Crippen molar-refractivity contribution in [2.45, 2.75) is 20.3 Å². The van der Waals surface area contributed by atoms with Gasteiger partial charge in [-0.25, -0.2) is 0 Å². The molecule has 2 rings (SSSR count). The molecule has 0 radical (unpaired) electrons. The lowest BCUT2D eigenvalue weighted by molar-refractivity contribution is 0.0787. The minimum atomic E-state index is 0.117. The summed E-state index contributed by atoms with van der Waals surface area (Å²) in [7, 11) is 0. The molecule has 80 valence electrons. The molecule has 1 aromatic heterocycles. The second kappa shape index (κ2) is 4.01. The number of aromatic nitrogens is 1. The van der Waals surface area contributed by atoms with Crippen LogP contribution in [0.25, 0.3) is 0 Å². The standard InChI is InChI=1S/C12H16N2O/c1-9-5-6-14(8-9)12(15)11-4-3-10(2)13-7-11/h3-4,7,9H,5-6,8H2,1-2H3/t9-/m0/s1. The average molecular weight is 204 g/mol. The Morgan fingerprint density at radius 3 is 2.87 bits per heavy atom. The van der Waals surface area contributed by atoms with Crippen LogP contribution in [0.4, 0.5) is 0 Å². The molecule has 0 aliphatic carbocycles. The van der Waals surface area contributed by atoms with E-state index in [4.69, 9.17) is 0 Å². The van der Waals surface area contributed by atoms with E-state index >= 15 is 0 Å². The third kappa shape index (κ3) is 2.17. The Kier molecular flexibility index (Phi) is 2.71. The second-order valence-electron chi connectivity index (χ2n) is 4.33. The van der Waals surface area contributed by atoms with Crippen molar-refractivity contribution in [2.24, 2.45) is 5.92 Å². The summed E-state index contributed by atoms with van der Waals surface area (Å²) in [5, 5.41) is 0. The summed E-state index contributed by atoms with van der Waals surface area (Å²) in [4.78, 5) is 18.0. The normalized spacial score (nSPS) is 20.7. The van der Waals surface area contributed by atoms with Gasteiger partial charge in [-0.05, 0) is 31.4 Å². The third-order valence-electron chi connectivity index (χ3n) is 2.87. The molecular formula is C12H16N2O. The molecular weight excluding hydrogens is 188 g/mol. The van der Waals surface area contributed by atoms with Gasteiger partial charge >= 0.3 is 0 Å². The highest BCUT2D eigenvalue weighted by Gasteiger charge is 2.23. The Hall–Kier alpha value is -1.38. The molecule has 1 amide bonds. The van der Waals surface area contributed by atoms with E-state index in [9.17, 15) is 4.79 Å². The van der Waals surface area contributed by atoms with Crippen LogP contribution in [-0.4, -0.2) is 28.9 Å². The monoisotopic (exact) mass is 204 g/mol. The summed E-state index contributed by atoms with van der Waals surface area (Å²) in [6, 6.07) is 3.74. The van der Waals surface area contributed by atoms with Crippen molar-refractivity contribution in [1.82, 2.24) is 9.88 Å². The SMILES string of the molecule is Cc1ccc(C(=O)N2CC[C@H](C)C2)cn1. The van der Waals surface area contributed by atoms with Crippen molar-refractivity contribution in [3.05, 3.63) is 29.6 Å². The van der Waals surface area contributed by atoms with Crippen molar-refractivity contribution in [3.63, 3.8) is 0 Å². The summed E-state index contributed by atoms with van der Waals surface area (Å²) in [6.07, 6.45) is 2.78. The summed E-state index contributed by atoms with van der Waals surface area (Å²) >= 11 is 0. The Bertz CT molecular complexity index is 358. The quantitative estimate of drug-likeness (QED) is 0.699. The summed E-state index contributed by atoms with van der Waals surface area (Å²) < 4.78 is 0. The van der Waals surface area contributed by atoms with Gasteiger partial charge in [-0.1, -0.05) is 6.92 Å². The Labute approximate surface area is 90.1 Å². The van der Waals surface area contributed by atoms with Crippen LogP contribution in [0, 0.1) is 12.8 Å². The van der Waals surface area contributed by atoms with Gasteiger partial charge in [0.05, 0.1) is 5.56 Å². The smallest absolute Gasteiger partial charge is 0.255 e. The Morgan fingerprint density at radius 2 is 2.33 bits per heavy atom. The van der Waals surface area contributed by atoms with Crippen molar-refractivity contribution >= 4 is 5.91 Å². The zero-order valence-corrected chi connectivity index (χ0v) is 9.23. The molecule has 3 nitrogen and oxygen atoms in total. The van der Waals surface area contributed by atoms with Gasteiger partial charge in [0.2, 0.25) is 0 Å². The van der Waals surface area contributed by atoms with Gasteiger partial charge in [-0.3, -0.25) is 9.78 Å². The van der Waals surface area contributed by atoms with Crippen LogP contribution < -0.4 is 0 Å². The summed E-state index contributed by atoms with van der Waals surface area (Å²) in [5.41, 5.74) is 1.65. The first-order chi connectivity index (χ1) is 7.16. The van der Waals surface area contributed by atoms with Crippen LogP contribution in [0.15, 0.2) is 18.3 Å². The molecule has 0 unspecified atom stereocenters. The summed E-state index contributed by atoms with van der Waals surface area (Å²) in [6.45, 7) is 5.87. The number of pyridine rings is 1. The van der Waals surface area contributed by atoms with Crippen LogP contribution >= 0.6 is 0 Å². The zero-order valence-electron chi connectivity index (χ0n) is 9.23. The first kappa shape index (κ1) is 10.1. The topological polar surface area (TPSA) is 33.2 Å². The lowest BCUT2D eigenvalue weighted by Crippen LogP contribution is -2.28. The second-order valence-corrected chi connectivity index (χ2v) is 4.33. The van der Waals surface area contributed by atoms with Gasteiger partial charge in [-0.15, -0.1) is 0 Å². The van der Waals surface area contributed by atoms with E-state index in [1.165, 1.54) is 0 Å². The molecule has 0 bridgehead atoms. The van der Waals surface area contributed by atoms with E-state index in [-0.39, 0.29) is 5.91 Å². The number of hydrogen-bond donors (Lipinski definition) is 0. The third-order valence-corrected chi connectivity index (χ3v) is 2.87. The highest BCUT2D eigenvalue weighted by Crippen LogP contribution is 2.17. The number of carbonyl (C=O) groups is 1. The van der Waals surface area contributed by atoms with Crippen LogP contribution in [0.3, 0.4) is 0 Å². The molecule has 0 aromatic carbocycles. The fourth-order valence-electron chi connectivity index (χ4n) is 1.90. The molecule has 1 fully saturated rings. The number of rotatable bonds is 1. The molecule has 1 aromatic rings. The maximum Gasteiger partial charge on any atom is 0.255 e. The van der Waals surface area contributed by atoms with Crippen LogP contribution in [0.5, 0.6) is 0 Å². The van der Waals surface area contributed by atoms with E-state index in [1.54, 1.807) is 6.20 Å². The molecule has 0 spiro atoms. The fraction of sp³-hybridized carbons (Fsp3) is 0.500. The highest BCUT2D eigenvalue weighted by atomic mass is 16.2. The molecule has 15 heavy (non-hydrogen) atoms. The Balaban J connectivity index is 2.11. The highest BCUT2D eigenvalue weighted by molar-refractivity contribution is 5.94. The van der Waals surface area contributed by atoms with Crippen molar-refractivity contribution < 1.29 is 4.79 Å². The van der Waals surface area contributed by atoms with Crippen molar-refractivity contribution in [3.8, 4) is 0 Å². The minimum absolute atomic E-state index is 0.117. The van der Waals surface area contributed by atoms with E-state index in [0.717, 1.165) is 25.2 Å². The molecule has 3 heteroatoms. The van der Waals surface area contributed by atoms with Crippen LogP contribution in [-0.2, 0) is 0 Å². The van der Waals surface area contributed by atoms with E-state index in [2.05, 4.69) is 11.9 Å². The van der Waals surface area contributed by atoms with Gasteiger partial charge in [0.15, 0.2) is 0 Å². The molecule has 1 atom stereocenters. The number of amides is 1. The first-order valence-electron chi connectivity index (χ1n) is 5.39. The number of carbonyl (C=O) groups excluding carboxylic acids is 1. The van der Waals surface area contributed by atoms with Crippen molar-refractivity contribution in [1.29, 1.82) is 0 Å². The zero-order chi connectivity index (χ0) is 10.8. The van der Waals surface area contributed by atoms with E-state index < -0.39 is 0 Å². The predicted octanol–water partition coefficient (Wildman–Crippen LogP) is 1.87. The van der Waals surface area contributed by atoms with Crippen molar-refractivity contribution in [2.75, 3.05) is 13.1 Å². The molecule has 1 saturated heterocycles. The number of hydrogen-bond acceptors (Lipinski definition) is 2. The Morgan fingerprint density at radius 1 is 1.53 bits per heavy atom. The number of nitrogens with zero attached hydrogens (tertiary/aromatic N) is 2. The van der Waals surface area contributed by atoms with Gasteiger partial charge in [-0.2, -0.15) is 0 Å². The molecule has 0 N–H and O–H groups in total. The van der Waals surface area contributed by atoms with Gasteiger partial charge in [0.1, 0.15) is 0 Å².